The molecule has 6 nitrogen and oxygen atoms in total. The molecule has 1 heterocycles. The van der Waals surface area contributed by atoms with E-state index in [1.165, 1.54) is 7.11 Å². The fourth-order valence-corrected chi connectivity index (χ4v) is 5.00. The highest BCUT2D eigenvalue weighted by molar-refractivity contribution is 7.91. The second-order valence-electron chi connectivity index (χ2n) is 6.27. The summed E-state index contributed by atoms with van der Waals surface area (Å²) in [6.07, 6.45) is 0.0983. The van der Waals surface area contributed by atoms with Gasteiger partial charge in [0.2, 0.25) is 0 Å². The monoisotopic (exact) mass is 370 g/mol. The van der Waals surface area contributed by atoms with Gasteiger partial charge >= 0.3 is 0 Å². The molecule has 0 amide bonds. The molecule has 0 saturated carbocycles. The van der Waals surface area contributed by atoms with E-state index in [4.69, 9.17) is 14.6 Å². The van der Waals surface area contributed by atoms with Crippen LogP contribution in [0.3, 0.4) is 0 Å². The number of hydrogen-bond acceptors (Lipinski definition) is 6. The normalized spacial score (nSPS) is 28.0. The van der Waals surface area contributed by atoms with Crippen LogP contribution in [0.15, 0.2) is 47.9 Å². The highest BCUT2D eigenvalue weighted by atomic mass is 32.2. The van der Waals surface area contributed by atoms with Crippen LogP contribution in [-0.4, -0.2) is 62.5 Å². The SMILES string of the molecule is C=CCC1OC(C[C@H](O)CO)[C@H](OC)[C@H]1CS(=O)(=O)c1ccccc1. The maximum Gasteiger partial charge on any atom is 0.178 e. The van der Waals surface area contributed by atoms with Crippen molar-refractivity contribution in [2.45, 2.75) is 42.2 Å². The highest BCUT2D eigenvalue weighted by Gasteiger charge is 2.46. The van der Waals surface area contributed by atoms with Crippen molar-refractivity contribution in [3.63, 3.8) is 0 Å². The van der Waals surface area contributed by atoms with E-state index in [1.807, 2.05) is 0 Å². The van der Waals surface area contributed by atoms with Crippen LogP contribution in [0.5, 0.6) is 0 Å². The van der Waals surface area contributed by atoms with Crippen LogP contribution in [0.2, 0.25) is 0 Å². The zero-order valence-corrected chi connectivity index (χ0v) is 15.1. The van der Waals surface area contributed by atoms with E-state index in [0.717, 1.165) is 0 Å². The Morgan fingerprint density at radius 3 is 2.56 bits per heavy atom. The summed E-state index contributed by atoms with van der Waals surface area (Å²) >= 11 is 0. The van der Waals surface area contributed by atoms with Crippen molar-refractivity contribution < 1.29 is 28.1 Å². The highest BCUT2D eigenvalue weighted by Crippen LogP contribution is 2.35. The Morgan fingerprint density at radius 2 is 2.00 bits per heavy atom. The fraction of sp³-hybridized carbons (Fsp3) is 0.556. The van der Waals surface area contributed by atoms with Gasteiger partial charge in [-0.05, 0) is 18.6 Å². The van der Waals surface area contributed by atoms with Crippen LogP contribution in [0.25, 0.3) is 0 Å². The van der Waals surface area contributed by atoms with Gasteiger partial charge in [-0.1, -0.05) is 24.3 Å². The van der Waals surface area contributed by atoms with E-state index in [0.29, 0.717) is 6.42 Å². The average Bonchev–Trinajstić information content (AvgIpc) is 2.91. The minimum absolute atomic E-state index is 0.111. The Kier molecular flexibility index (Phi) is 7.15. The molecule has 1 saturated heterocycles. The third kappa shape index (κ3) is 4.89. The molecular formula is C18H26O6S. The Hall–Kier alpha value is -1.25. The lowest BCUT2D eigenvalue weighted by Gasteiger charge is -2.23. The van der Waals surface area contributed by atoms with Crippen molar-refractivity contribution in [3.05, 3.63) is 43.0 Å². The number of rotatable bonds is 9. The molecule has 0 aromatic heterocycles. The molecule has 25 heavy (non-hydrogen) atoms. The Bertz CT molecular complexity index is 645. The van der Waals surface area contributed by atoms with Gasteiger partial charge in [0, 0.05) is 19.4 Å². The van der Waals surface area contributed by atoms with Gasteiger partial charge in [0.1, 0.15) is 0 Å². The average molecular weight is 370 g/mol. The number of ether oxygens (including phenoxy) is 2. The van der Waals surface area contributed by atoms with Crippen molar-refractivity contribution in [1.82, 2.24) is 0 Å². The van der Waals surface area contributed by atoms with Crippen LogP contribution in [0, 0.1) is 5.92 Å². The molecule has 7 heteroatoms. The van der Waals surface area contributed by atoms with Crippen LogP contribution in [-0.2, 0) is 19.3 Å². The van der Waals surface area contributed by atoms with E-state index in [9.17, 15) is 13.5 Å². The maximum atomic E-state index is 12.8. The van der Waals surface area contributed by atoms with Crippen molar-refractivity contribution >= 4 is 9.84 Å². The van der Waals surface area contributed by atoms with Gasteiger partial charge in [0.15, 0.2) is 9.84 Å². The first-order valence-corrected chi connectivity index (χ1v) is 9.94. The molecule has 2 N–H and O–H groups in total. The topological polar surface area (TPSA) is 93.1 Å². The molecule has 2 rings (SSSR count). The maximum absolute atomic E-state index is 12.8. The first kappa shape index (κ1) is 20.1. The molecule has 0 radical (unpaired) electrons. The smallest absolute Gasteiger partial charge is 0.178 e. The number of benzene rings is 1. The summed E-state index contributed by atoms with van der Waals surface area (Å²) in [4.78, 5) is 0.265. The van der Waals surface area contributed by atoms with Gasteiger partial charge in [-0.25, -0.2) is 8.42 Å². The summed E-state index contributed by atoms with van der Waals surface area (Å²) in [6.45, 7) is 3.33. The molecule has 5 atom stereocenters. The summed E-state index contributed by atoms with van der Waals surface area (Å²) in [7, 11) is -2.00. The number of aliphatic hydroxyl groups is 2. The van der Waals surface area contributed by atoms with Crippen molar-refractivity contribution in [2.24, 2.45) is 5.92 Å². The van der Waals surface area contributed by atoms with Crippen molar-refractivity contribution in [1.29, 1.82) is 0 Å². The Morgan fingerprint density at radius 1 is 1.32 bits per heavy atom. The quantitative estimate of drug-likeness (QED) is 0.634. The van der Waals surface area contributed by atoms with Gasteiger partial charge in [0.25, 0.3) is 0 Å². The molecule has 1 aromatic rings. The third-order valence-electron chi connectivity index (χ3n) is 4.52. The summed E-state index contributed by atoms with van der Waals surface area (Å²) < 4.78 is 37.0. The van der Waals surface area contributed by atoms with E-state index in [-0.39, 0.29) is 35.7 Å². The lowest BCUT2D eigenvalue weighted by Crippen LogP contribution is -2.36. The molecule has 1 aliphatic heterocycles. The van der Waals surface area contributed by atoms with E-state index < -0.39 is 28.1 Å². The predicted octanol–water partition coefficient (Wildman–Crippen LogP) is 1.18. The molecule has 0 spiro atoms. The van der Waals surface area contributed by atoms with Crippen molar-refractivity contribution in [3.8, 4) is 0 Å². The van der Waals surface area contributed by atoms with Gasteiger partial charge < -0.3 is 19.7 Å². The van der Waals surface area contributed by atoms with E-state index in [2.05, 4.69) is 6.58 Å². The van der Waals surface area contributed by atoms with E-state index in [1.54, 1.807) is 36.4 Å². The second kappa shape index (κ2) is 8.91. The van der Waals surface area contributed by atoms with Gasteiger partial charge in [0.05, 0.1) is 41.7 Å². The standard InChI is InChI=1S/C18H26O6S/c1-3-7-16-15(12-25(21,22)14-8-5-4-6-9-14)18(23-2)17(24-16)10-13(20)11-19/h3-6,8-9,13,15-20H,1,7,10-12H2,2H3/t13-,15-,16?,17?,18+/m0/s1. The third-order valence-corrected chi connectivity index (χ3v) is 6.33. The van der Waals surface area contributed by atoms with Crippen LogP contribution < -0.4 is 0 Å². The molecular weight excluding hydrogens is 344 g/mol. The first-order valence-electron chi connectivity index (χ1n) is 8.28. The molecule has 1 aliphatic rings. The summed E-state index contributed by atoms with van der Waals surface area (Å²) in [5.74, 6) is -0.496. The minimum atomic E-state index is -3.50. The number of hydrogen-bond donors (Lipinski definition) is 2. The number of sulfone groups is 1. The van der Waals surface area contributed by atoms with Gasteiger partial charge in [-0.2, -0.15) is 0 Å². The van der Waals surface area contributed by atoms with Crippen LogP contribution in [0.4, 0.5) is 0 Å². The molecule has 0 bridgehead atoms. The lowest BCUT2D eigenvalue weighted by molar-refractivity contribution is -0.0394. The minimum Gasteiger partial charge on any atom is -0.394 e. The zero-order chi connectivity index (χ0) is 18.4. The predicted molar refractivity (Wildman–Crippen MR) is 94.0 cm³/mol. The fourth-order valence-electron chi connectivity index (χ4n) is 3.32. The molecule has 2 unspecified atom stereocenters. The Labute approximate surface area is 149 Å². The van der Waals surface area contributed by atoms with E-state index >= 15 is 0 Å². The molecule has 140 valence electrons. The van der Waals surface area contributed by atoms with Crippen LogP contribution in [0.1, 0.15) is 12.8 Å². The largest absolute Gasteiger partial charge is 0.394 e. The summed E-state index contributed by atoms with van der Waals surface area (Å²) in [5, 5.41) is 18.8. The molecule has 1 fully saturated rings. The van der Waals surface area contributed by atoms with Gasteiger partial charge in [-0.15, -0.1) is 6.58 Å². The van der Waals surface area contributed by atoms with Crippen molar-refractivity contribution in [2.75, 3.05) is 19.5 Å². The number of aliphatic hydroxyl groups excluding tert-OH is 2. The molecule has 1 aromatic carbocycles. The van der Waals surface area contributed by atoms with Gasteiger partial charge in [-0.3, -0.25) is 0 Å². The second-order valence-corrected chi connectivity index (χ2v) is 8.30. The van der Waals surface area contributed by atoms with Crippen LogP contribution >= 0.6 is 0 Å². The lowest BCUT2D eigenvalue weighted by atomic mass is 9.94. The molecule has 0 aliphatic carbocycles. The number of methoxy groups -OCH3 is 1. The summed E-state index contributed by atoms with van der Waals surface area (Å²) in [5.41, 5.74) is 0. The summed E-state index contributed by atoms with van der Waals surface area (Å²) in [6, 6.07) is 8.29. The zero-order valence-electron chi connectivity index (χ0n) is 14.3. The Balaban J connectivity index is 2.23. The first-order chi connectivity index (χ1) is 11.9.